The summed E-state index contributed by atoms with van der Waals surface area (Å²) in [6, 6.07) is 0.603. The molecule has 4 heteroatoms. The summed E-state index contributed by atoms with van der Waals surface area (Å²) in [6.45, 7) is 6.82. The summed E-state index contributed by atoms with van der Waals surface area (Å²) < 4.78 is 7.80. The maximum atomic E-state index is 5.64. The van der Waals surface area contributed by atoms with E-state index in [0.29, 0.717) is 12.0 Å². The van der Waals surface area contributed by atoms with E-state index in [9.17, 15) is 0 Å². The lowest BCUT2D eigenvalue weighted by Gasteiger charge is -2.23. The normalized spacial score (nSPS) is 17.0. The van der Waals surface area contributed by atoms with Crippen LogP contribution in [0.5, 0.6) is 0 Å². The van der Waals surface area contributed by atoms with Crippen LogP contribution < -0.4 is 5.32 Å². The Balaban J connectivity index is 1.76. The number of hydrogen-bond acceptors (Lipinski definition) is 3. The molecule has 19 heavy (non-hydrogen) atoms. The van der Waals surface area contributed by atoms with Gasteiger partial charge in [0.2, 0.25) is 5.95 Å². The van der Waals surface area contributed by atoms with E-state index in [-0.39, 0.29) is 0 Å². The van der Waals surface area contributed by atoms with E-state index in [1.54, 1.807) is 0 Å². The molecule has 1 heterocycles. The molecular formula is C15H27N3O. The molecule has 1 aliphatic carbocycles. The zero-order valence-corrected chi connectivity index (χ0v) is 12.3. The van der Waals surface area contributed by atoms with Crippen molar-refractivity contribution in [2.24, 2.45) is 5.92 Å². The van der Waals surface area contributed by atoms with Gasteiger partial charge in [-0.1, -0.05) is 33.1 Å². The second kappa shape index (κ2) is 7.53. The van der Waals surface area contributed by atoms with Gasteiger partial charge in [-0.05, 0) is 18.8 Å². The summed E-state index contributed by atoms with van der Waals surface area (Å²) in [5.41, 5.74) is 0. The summed E-state index contributed by atoms with van der Waals surface area (Å²) in [5.74, 6) is 1.60. The molecule has 1 N–H and O–H groups in total. The van der Waals surface area contributed by atoms with Gasteiger partial charge in [-0.25, -0.2) is 4.98 Å². The molecule has 1 fully saturated rings. The Kier molecular flexibility index (Phi) is 5.70. The fraction of sp³-hybridized carbons (Fsp3) is 0.800. The zero-order chi connectivity index (χ0) is 13.5. The fourth-order valence-corrected chi connectivity index (χ4v) is 2.54. The first-order chi connectivity index (χ1) is 9.25. The van der Waals surface area contributed by atoms with E-state index in [4.69, 9.17) is 4.74 Å². The van der Waals surface area contributed by atoms with Crippen LogP contribution in [0.25, 0.3) is 0 Å². The number of aromatic nitrogens is 2. The SMILES string of the molecule is CC(C)COCCn1ccnc1NC1CCCCC1. The summed E-state index contributed by atoms with van der Waals surface area (Å²) >= 11 is 0. The topological polar surface area (TPSA) is 39.1 Å². The third-order valence-electron chi connectivity index (χ3n) is 3.58. The summed E-state index contributed by atoms with van der Waals surface area (Å²) in [4.78, 5) is 4.42. The smallest absolute Gasteiger partial charge is 0.203 e. The van der Waals surface area contributed by atoms with Crippen molar-refractivity contribution in [3.63, 3.8) is 0 Å². The minimum absolute atomic E-state index is 0.600. The molecule has 0 aromatic carbocycles. The Morgan fingerprint density at radius 1 is 1.37 bits per heavy atom. The number of nitrogens with one attached hydrogen (secondary N) is 1. The van der Waals surface area contributed by atoms with Crippen LogP contribution in [-0.2, 0) is 11.3 Å². The van der Waals surface area contributed by atoms with Crippen LogP contribution in [0.2, 0.25) is 0 Å². The molecule has 1 aliphatic rings. The Morgan fingerprint density at radius 3 is 2.89 bits per heavy atom. The van der Waals surface area contributed by atoms with Gasteiger partial charge in [0.15, 0.2) is 0 Å². The summed E-state index contributed by atoms with van der Waals surface area (Å²) in [5, 5.41) is 3.58. The lowest BCUT2D eigenvalue weighted by Crippen LogP contribution is -2.24. The van der Waals surface area contributed by atoms with Crippen LogP contribution >= 0.6 is 0 Å². The average Bonchev–Trinajstić information content (AvgIpc) is 2.83. The molecule has 0 amide bonds. The van der Waals surface area contributed by atoms with E-state index < -0.39 is 0 Å². The predicted octanol–water partition coefficient (Wildman–Crippen LogP) is 3.30. The minimum atomic E-state index is 0.600. The monoisotopic (exact) mass is 265 g/mol. The Bertz CT molecular complexity index is 356. The standard InChI is InChI=1S/C15H27N3O/c1-13(2)12-19-11-10-18-9-8-16-15(18)17-14-6-4-3-5-7-14/h8-9,13-14H,3-7,10-12H2,1-2H3,(H,16,17). The molecule has 0 bridgehead atoms. The lowest BCUT2D eigenvalue weighted by molar-refractivity contribution is 0.103. The van der Waals surface area contributed by atoms with Crippen LogP contribution in [-0.4, -0.2) is 28.8 Å². The van der Waals surface area contributed by atoms with Crippen LogP contribution in [0.3, 0.4) is 0 Å². The third kappa shape index (κ3) is 4.86. The molecule has 0 aliphatic heterocycles. The van der Waals surface area contributed by atoms with Crippen molar-refractivity contribution >= 4 is 5.95 Å². The third-order valence-corrected chi connectivity index (χ3v) is 3.58. The highest BCUT2D eigenvalue weighted by Gasteiger charge is 2.14. The number of nitrogens with zero attached hydrogens (tertiary/aromatic N) is 2. The molecule has 2 rings (SSSR count). The van der Waals surface area contributed by atoms with E-state index >= 15 is 0 Å². The van der Waals surface area contributed by atoms with Gasteiger partial charge in [-0.3, -0.25) is 0 Å². The fourth-order valence-electron chi connectivity index (χ4n) is 2.54. The van der Waals surface area contributed by atoms with Crippen molar-refractivity contribution in [2.45, 2.75) is 58.5 Å². The number of anilines is 1. The summed E-state index contributed by atoms with van der Waals surface area (Å²) in [6.07, 6.45) is 10.5. The van der Waals surface area contributed by atoms with Gasteiger partial charge in [-0.15, -0.1) is 0 Å². The van der Waals surface area contributed by atoms with E-state index in [2.05, 4.69) is 28.7 Å². The number of rotatable bonds is 7. The maximum absolute atomic E-state index is 5.64. The van der Waals surface area contributed by atoms with Gasteiger partial charge in [0.1, 0.15) is 0 Å². The van der Waals surface area contributed by atoms with Crippen molar-refractivity contribution in [3.05, 3.63) is 12.4 Å². The van der Waals surface area contributed by atoms with Gasteiger partial charge in [0.25, 0.3) is 0 Å². The van der Waals surface area contributed by atoms with E-state index in [1.165, 1.54) is 32.1 Å². The van der Waals surface area contributed by atoms with E-state index in [0.717, 1.165) is 25.7 Å². The molecule has 0 spiro atoms. The molecule has 108 valence electrons. The van der Waals surface area contributed by atoms with Crippen molar-refractivity contribution in [1.82, 2.24) is 9.55 Å². The maximum Gasteiger partial charge on any atom is 0.203 e. The van der Waals surface area contributed by atoms with Crippen molar-refractivity contribution in [1.29, 1.82) is 0 Å². The number of hydrogen-bond donors (Lipinski definition) is 1. The Morgan fingerprint density at radius 2 is 2.16 bits per heavy atom. The second-order valence-corrected chi connectivity index (χ2v) is 5.89. The van der Waals surface area contributed by atoms with Crippen LogP contribution in [0, 0.1) is 5.92 Å². The van der Waals surface area contributed by atoms with Gasteiger partial charge < -0.3 is 14.6 Å². The molecule has 1 aromatic rings. The van der Waals surface area contributed by atoms with Crippen molar-refractivity contribution in [2.75, 3.05) is 18.5 Å². The first-order valence-corrected chi connectivity index (χ1v) is 7.61. The molecular weight excluding hydrogens is 238 g/mol. The molecule has 1 aromatic heterocycles. The number of imidazole rings is 1. The lowest BCUT2D eigenvalue weighted by atomic mass is 9.96. The highest BCUT2D eigenvalue weighted by Crippen LogP contribution is 2.20. The van der Waals surface area contributed by atoms with Crippen LogP contribution in [0.4, 0.5) is 5.95 Å². The molecule has 1 saturated carbocycles. The van der Waals surface area contributed by atoms with Gasteiger partial charge >= 0.3 is 0 Å². The van der Waals surface area contributed by atoms with Crippen molar-refractivity contribution in [3.8, 4) is 0 Å². The van der Waals surface area contributed by atoms with Crippen LogP contribution in [0.15, 0.2) is 12.4 Å². The predicted molar refractivity (Wildman–Crippen MR) is 78.4 cm³/mol. The molecule has 0 radical (unpaired) electrons. The Hall–Kier alpha value is -1.03. The second-order valence-electron chi connectivity index (χ2n) is 5.89. The minimum Gasteiger partial charge on any atom is -0.379 e. The summed E-state index contributed by atoms with van der Waals surface area (Å²) in [7, 11) is 0. The van der Waals surface area contributed by atoms with Gasteiger partial charge in [0, 0.05) is 31.6 Å². The van der Waals surface area contributed by atoms with Gasteiger partial charge in [-0.2, -0.15) is 0 Å². The molecule has 0 saturated heterocycles. The first kappa shape index (κ1) is 14.4. The Labute approximate surface area is 116 Å². The largest absolute Gasteiger partial charge is 0.379 e. The first-order valence-electron chi connectivity index (χ1n) is 7.61. The van der Waals surface area contributed by atoms with Crippen LogP contribution in [0.1, 0.15) is 46.0 Å². The highest BCUT2D eigenvalue weighted by atomic mass is 16.5. The molecule has 0 unspecified atom stereocenters. The zero-order valence-electron chi connectivity index (χ0n) is 12.3. The van der Waals surface area contributed by atoms with E-state index in [1.807, 2.05) is 12.4 Å². The number of ether oxygens (including phenoxy) is 1. The molecule has 0 atom stereocenters. The van der Waals surface area contributed by atoms with Gasteiger partial charge in [0.05, 0.1) is 6.61 Å². The van der Waals surface area contributed by atoms with Crippen molar-refractivity contribution < 1.29 is 4.74 Å². The average molecular weight is 265 g/mol. The molecule has 4 nitrogen and oxygen atoms in total. The quantitative estimate of drug-likeness (QED) is 0.769. The highest BCUT2D eigenvalue weighted by molar-refractivity contribution is 5.27.